The largest absolute Gasteiger partial charge is 0.481 e. The third-order valence-corrected chi connectivity index (χ3v) is 4.63. The molecule has 0 radical (unpaired) electrons. The van der Waals surface area contributed by atoms with Crippen molar-refractivity contribution >= 4 is 11.9 Å². The Morgan fingerprint density at radius 2 is 1.91 bits per heavy atom. The first-order valence-electron chi connectivity index (χ1n) is 7.44. The van der Waals surface area contributed by atoms with Gasteiger partial charge in [0.05, 0.1) is 5.92 Å². The smallest absolute Gasteiger partial charge is 0.306 e. The van der Waals surface area contributed by atoms with E-state index < -0.39 is 17.6 Å². The maximum Gasteiger partial charge on any atom is 0.306 e. The highest BCUT2D eigenvalue weighted by Crippen LogP contribution is 2.48. The van der Waals surface area contributed by atoms with E-state index in [1.165, 1.54) is 6.07 Å². The van der Waals surface area contributed by atoms with E-state index in [-0.39, 0.29) is 29.7 Å². The summed E-state index contributed by atoms with van der Waals surface area (Å²) in [6, 6.07) is 3.63. The highest BCUT2D eigenvalue weighted by atomic mass is 19.2. The molecule has 3 rings (SSSR count). The summed E-state index contributed by atoms with van der Waals surface area (Å²) in [5, 5.41) is 11.8. The number of nitrogens with one attached hydrogen (secondary N) is 1. The van der Waals surface area contributed by atoms with Gasteiger partial charge in [0, 0.05) is 12.0 Å². The summed E-state index contributed by atoms with van der Waals surface area (Å²) in [5.74, 6) is -3.42. The van der Waals surface area contributed by atoms with Crippen LogP contribution >= 0.6 is 0 Å². The van der Waals surface area contributed by atoms with Gasteiger partial charge < -0.3 is 10.4 Å². The minimum absolute atomic E-state index is 0.0771. The molecule has 0 saturated heterocycles. The van der Waals surface area contributed by atoms with Crippen molar-refractivity contribution in [2.24, 2.45) is 11.8 Å². The van der Waals surface area contributed by atoms with E-state index in [0.29, 0.717) is 31.2 Å². The van der Waals surface area contributed by atoms with E-state index in [4.69, 9.17) is 5.11 Å². The van der Waals surface area contributed by atoms with Gasteiger partial charge in [-0.25, -0.2) is 8.78 Å². The molecule has 1 aromatic carbocycles. The molecule has 2 N–H and O–H groups in total. The molecule has 2 saturated carbocycles. The third-order valence-electron chi connectivity index (χ3n) is 4.63. The second-order valence-corrected chi connectivity index (χ2v) is 6.18. The first-order chi connectivity index (χ1) is 10.5. The Morgan fingerprint density at radius 1 is 1.14 bits per heavy atom. The molecule has 0 heterocycles. The van der Waals surface area contributed by atoms with Crippen LogP contribution in [0.2, 0.25) is 0 Å². The highest BCUT2D eigenvalue weighted by Gasteiger charge is 2.45. The van der Waals surface area contributed by atoms with Gasteiger partial charge in [-0.3, -0.25) is 9.59 Å². The van der Waals surface area contributed by atoms with Crippen LogP contribution in [0.3, 0.4) is 0 Å². The Hall–Kier alpha value is -1.98. The molecule has 118 valence electrons. The predicted molar refractivity (Wildman–Crippen MR) is 74.1 cm³/mol. The Bertz CT molecular complexity index is 619. The lowest BCUT2D eigenvalue weighted by molar-refractivity contribution is -0.141. The van der Waals surface area contributed by atoms with Crippen molar-refractivity contribution in [1.82, 2.24) is 5.32 Å². The van der Waals surface area contributed by atoms with Gasteiger partial charge in [0.25, 0.3) is 0 Å². The van der Waals surface area contributed by atoms with Crippen LogP contribution in [0.25, 0.3) is 0 Å². The van der Waals surface area contributed by atoms with Crippen LogP contribution in [0, 0.1) is 23.5 Å². The molecule has 0 aliphatic heterocycles. The van der Waals surface area contributed by atoms with Gasteiger partial charge in [-0.1, -0.05) is 6.07 Å². The minimum atomic E-state index is -0.899. The van der Waals surface area contributed by atoms with E-state index in [9.17, 15) is 18.4 Å². The predicted octanol–water partition coefficient (Wildman–Crippen LogP) is 2.44. The van der Waals surface area contributed by atoms with Gasteiger partial charge in [-0.2, -0.15) is 0 Å². The number of carbonyl (C=O) groups is 2. The number of hydrogen-bond acceptors (Lipinski definition) is 2. The summed E-state index contributed by atoms with van der Waals surface area (Å²) in [4.78, 5) is 23.0. The summed E-state index contributed by atoms with van der Waals surface area (Å²) in [7, 11) is 0. The van der Waals surface area contributed by atoms with Gasteiger partial charge in [-0.15, -0.1) is 0 Å². The maximum absolute atomic E-state index is 13.2. The fourth-order valence-electron chi connectivity index (χ4n) is 3.24. The summed E-state index contributed by atoms with van der Waals surface area (Å²) >= 11 is 0. The van der Waals surface area contributed by atoms with Crippen molar-refractivity contribution in [1.29, 1.82) is 0 Å². The van der Waals surface area contributed by atoms with Gasteiger partial charge in [0.15, 0.2) is 11.6 Å². The lowest BCUT2D eigenvalue weighted by atomic mass is 10.1. The molecule has 2 aliphatic carbocycles. The molecule has 22 heavy (non-hydrogen) atoms. The zero-order valence-electron chi connectivity index (χ0n) is 11.9. The fourth-order valence-corrected chi connectivity index (χ4v) is 3.24. The van der Waals surface area contributed by atoms with Crippen molar-refractivity contribution in [2.75, 3.05) is 0 Å². The molecular formula is C16H17F2NO3. The second-order valence-electron chi connectivity index (χ2n) is 6.18. The number of aliphatic carboxylic acids is 1. The van der Waals surface area contributed by atoms with Crippen LogP contribution in [0.4, 0.5) is 8.78 Å². The number of halogens is 2. The van der Waals surface area contributed by atoms with E-state index in [0.717, 1.165) is 12.1 Å². The topological polar surface area (TPSA) is 66.4 Å². The number of rotatable bonds is 4. The number of carboxylic acid groups (broad SMARTS) is 1. The van der Waals surface area contributed by atoms with Crippen LogP contribution < -0.4 is 5.32 Å². The molecule has 1 amide bonds. The van der Waals surface area contributed by atoms with Gasteiger partial charge >= 0.3 is 5.97 Å². The van der Waals surface area contributed by atoms with Crippen molar-refractivity contribution in [3.63, 3.8) is 0 Å². The maximum atomic E-state index is 13.2. The number of carbonyl (C=O) groups excluding carboxylic acids is 1. The first-order valence-corrected chi connectivity index (χ1v) is 7.44. The summed E-state index contributed by atoms with van der Waals surface area (Å²) in [6.07, 6.45) is 2.33. The molecule has 4 nitrogen and oxygen atoms in total. The summed E-state index contributed by atoms with van der Waals surface area (Å²) in [5.41, 5.74) is 0.633. The number of hydrogen-bond donors (Lipinski definition) is 2. The highest BCUT2D eigenvalue weighted by molar-refractivity contribution is 5.83. The molecule has 2 aliphatic rings. The molecule has 6 heteroatoms. The average molecular weight is 309 g/mol. The number of benzene rings is 1. The molecule has 0 spiro atoms. The molecule has 1 aromatic rings. The lowest BCUT2D eigenvalue weighted by Gasteiger charge is -2.12. The molecule has 0 bridgehead atoms. The Balaban J connectivity index is 1.55. The van der Waals surface area contributed by atoms with Crippen LogP contribution in [0.15, 0.2) is 18.2 Å². The Kier molecular flexibility index (Phi) is 3.85. The second kappa shape index (κ2) is 5.66. The van der Waals surface area contributed by atoms with Crippen molar-refractivity contribution in [3.8, 4) is 0 Å². The lowest BCUT2D eigenvalue weighted by Crippen LogP contribution is -2.34. The van der Waals surface area contributed by atoms with Crippen molar-refractivity contribution < 1.29 is 23.5 Å². The van der Waals surface area contributed by atoms with E-state index in [2.05, 4.69) is 5.32 Å². The van der Waals surface area contributed by atoms with Gasteiger partial charge in [0.1, 0.15) is 0 Å². The molecule has 0 aromatic heterocycles. The average Bonchev–Trinajstić information content (AvgIpc) is 3.14. The third kappa shape index (κ3) is 2.96. The van der Waals surface area contributed by atoms with Gasteiger partial charge in [-0.05, 0) is 49.3 Å². The molecule has 4 atom stereocenters. The van der Waals surface area contributed by atoms with Gasteiger partial charge in [0.2, 0.25) is 5.91 Å². The summed E-state index contributed by atoms with van der Waals surface area (Å²) < 4.78 is 26.1. The van der Waals surface area contributed by atoms with Crippen LogP contribution in [-0.4, -0.2) is 23.0 Å². The standard InChI is InChI=1S/C16H17F2NO3/c17-13-4-2-8(6-14(13)18)11-7-12(11)15(20)19-10-3-1-9(5-10)16(21)22/h2,4,6,9-12H,1,3,5,7H2,(H,19,20)(H,21,22)/t9-,10+,11?,12?/m1/s1. The quantitative estimate of drug-likeness (QED) is 0.898. The van der Waals surface area contributed by atoms with Crippen molar-refractivity contribution in [2.45, 2.75) is 37.6 Å². The number of amides is 1. The molecule has 2 fully saturated rings. The Labute approximate surface area is 126 Å². The van der Waals surface area contributed by atoms with E-state index >= 15 is 0 Å². The van der Waals surface area contributed by atoms with Crippen LogP contribution in [-0.2, 0) is 9.59 Å². The fraction of sp³-hybridized carbons (Fsp3) is 0.500. The van der Waals surface area contributed by atoms with Crippen LogP contribution in [0.1, 0.15) is 37.2 Å². The van der Waals surface area contributed by atoms with E-state index in [1.807, 2.05) is 0 Å². The monoisotopic (exact) mass is 309 g/mol. The van der Waals surface area contributed by atoms with Crippen LogP contribution in [0.5, 0.6) is 0 Å². The Morgan fingerprint density at radius 3 is 2.55 bits per heavy atom. The van der Waals surface area contributed by atoms with E-state index in [1.54, 1.807) is 0 Å². The first kappa shape index (κ1) is 14.9. The number of carboxylic acids is 1. The van der Waals surface area contributed by atoms with Crippen molar-refractivity contribution in [3.05, 3.63) is 35.4 Å². The zero-order chi connectivity index (χ0) is 15.9. The zero-order valence-corrected chi connectivity index (χ0v) is 11.9. The molecular weight excluding hydrogens is 292 g/mol. The minimum Gasteiger partial charge on any atom is -0.481 e. The normalized spacial score (nSPS) is 30.1. The SMILES string of the molecule is O=C(N[C@H]1CC[C@@H](C(=O)O)C1)C1CC1c1ccc(F)c(F)c1. The molecule has 2 unspecified atom stereocenters. The summed E-state index contributed by atoms with van der Waals surface area (Å²) in [6.45, 7) is 0.